The SMILES string of the molecule is C[C@@H](O[Si](C)(C)C(C)(C)C)[C@H]1C(=O)N[C@@H]1[C@@H](C)C(=O)Sc1ccccc1C(=O)N1C=CC=CC=C1. The van der Waals surface area contributed by atoms with Crippen LogP contribution in [0.3, 0.4) is 0 Å². The van der Waals surface area contributed by atoms with Crippen LogP contribution in [0.2, 0.25) is 18.1 Å². The summed E-state index contributed by atoms with van der Waals surface area (Å²) in [6, 6.07) is 6.82. The average Bonchev–Trinajstić information content (AvgIpc) is 3.05. The molecule has 0 saturated carbocycles. The maximum absolute atomic E-state index is 13.3. The molecule has 0 radical (unpaired) electrons. The van der Waals surface area contributed by atoms with Crippen molar-refractivity contribution in [1.29, 1.82) is 0 Å². The van der Waals surface area contributed by atoms with Gasteiger partial charge in [0.1, 0.15) is 0 Å². The van der Waals surface area contributed by atoms with E-state index in [0.717, 1.165) is 11.8 Å². The summed E-state index contributed by atoms with van der Waals surface area (Å²) in [6.45, 7) is 14.6. The molecule has 2 aliphatic heterocycles. The predicted molar refractivity (Wildman–Crippen MR) is 143 cm³/mol. The number of hydrogen-bond donors (Lipinski definition) is 1. The van der Waals surface area contributed by atoms with Gasteiger partial charge in [-0.15, -0.1) is 0 Å². The zero-order chi connectivity index (χ0) is 26.0. The molecule has 2 amide bonds. The van der Waals surface area contributed by atoms with Gasteiger partial charge >= 0.3 is 0 Å². The fraction of sp³-hybridized carbons (Fsp3) is 0.444. The largest absolute Gasteiger partial charge is 0.413 e. The number of hydrogen-bond acceptors (Lipinski definition) is 5. The maximum atomic E-state index is 13.3. The molecule has 35 heavy (non-hydrogen) atoms. The molecule has 1 saturated heterocycles. The number of nitrogens with zero attached hydrogens (tertiary/aromatic N) is 1. The third-order valence-electron chi connectivity index (χ3n) is 7.09. The molecule has 0 unspecified atom stereocenters. The molecule has 0 aromatic heterocycles. The summed E-state index contributed by atoms with van der Waals surface area (Å²) in [5, 5.41) is 2.85. The quantitative estimate of drug-likeness (QED) is 0.296. The van der Waals surface area contributed by atoms with E-state index in [1.54, 1.807) is 42.8 Å². The molecule has 1 fully saturated rings. The van der Waals surface area contributed by atoms with Crippen molar-refractivity contribution in [2.45, 2.75) is 69.8 Å². The molecule has 6 nitrogen and oxygen atoms in total. The van der Waals surface area contributed by atoms with E-state index in [-0.39, 0.29) is 40.0 Å². The minimum absolute atomic E-state index is 0.0261. The molecule has 1 aromatic rings. The molecule has 4 atom stereocenters. The van der Waals surface area contributed by atoms with Crippen LogP contribution in [0.25, 0.3) is 0 Å². The van der Waals surface area contributed by atoms with Crippen LogP contribution in [0, 0.1) is 11.8 Å². The van der Waals surface area contributed by atoms with Crippen molar-refractivity contribution in [2.24, 2.45) is 11.8 Å². The van der Waals surface area contributed by atoms with E-state index >= 15 is 0 Å². The molecule has 1 N–H and O–H groups in total. The highest BCUT2D eigenvalue weighted by Gasteiger charge is 2.50. The van der Waals surface area contributed by atoms with E-state index in [0.29, 0.717) is 10.5 Å². The molecule has 1 aromatic carbocycles. The van der Waals surface area contributed by atoms with Gasteiger partial charge in [-0.25, -0.2) is 0 Å². The van der Waals surface area contributed by atoms with E-state index in [4.69, 9.17) is 4.43 Å². The summed E-state index contributed by atoms with van der Waals surface area (Å²) < 4.78 is 6.47. The highest BCUT2D eigenvalue weighted by Crippen LogP contribution is 2.40. The smallest absolute Gasteiger partial charge is 0.262 e. The number of benzene rings is 1. The molecule has 0 spiro atoms. The minimum atomic E-state index is -2.06. The number of carbonyl (C=O) groups is 3. The normalized spacial score (nSPS) is 21.7. The van der Waals surface area contributed by atoms with Crippen LogP contribution in [0.4, 0.5) is 0 Å². The lowest BCUT2D eigenvalue weighted by atomic mass is 9.79. The molecular formula is C27H36N2O4SSi. The molecule has 8 heteroatoms. The van der Waals surface area contributed by atoms with Gasteiger partial charge in [0.05, 0.1) is 23.6 Å². The number of allylic oxidation sites excluding steroid dienone is 4. The second-order valence-corrected chi connectivity index (χ2v) is 16.4. The molecule has 188 valence electrons. The van der Waals surface area contributed by atoms with Gasteiger partial charge in [-0.3, -0.25) is 19.3 Å². The van der Waals surface area contributed by atoms with Gasteiger partial charge in [0, 0.05) is 23.2 Å². The lowest BCUT2D eigenvalue weighted by molar-refractivity contribution is -0.143. The van der Waals surface area contributed by atoms with Crippen LogP contribution in [0.1, 0.15) is 45.0 Å². The fourth-order valence-electron chi connectivity index (χ4n) is 3.89. The number of nitrogens with one attached hydrogen (secondary N) is 1. The molecule has 3 rings (SSSR count). The number of rotatable bonds is 7. The lowest BCUT2D eigenvalue weighted by Gasteiger charge is -2.46. The Hall–Kier alpha value is -2.42. The van der Waals surface area contributed by atoms with Gasteiger partial charge in [-0.1, -0.05) is 63.7 Å². The van der Waals surface area contributed by atoms with Gasteiger partial charge in [0.2, 0.25) is 5.91 Å². The minimum Gasteiger partial charge on any atom is -0.413 e. The van der Waals surface area contributed by atoms with E-state index in [1.165, 1.54) is 4.90 Å². The summed E-state index contributed by atoms with van der Waals surface area (Å²) in [5.74, 6) is -1.09. The second kappa shape index (κ2) is 10.7. The Bertz CT molecular complexity index is 1060. The van der Waals surface area contributed by atoms with Crippen molar-refractivity contribution in [3.8, 4) is 0 Å². The first kappa shape index (κ1) is 27.2. The lowest BCUT2D eigenvalue weighted by Crippen LogP contribution is -2.66. The summed E-state index contributed by atoms with van der Waals surface area (Å²) >= 11 is 1.05. The highest BCUT2D eigenvalue weighted by molar-refractivity contribution is 8.13. The van der Waals surface area contributed by atoms with Crippen molar-refractivity contribution in [1.82, 2.24) is 10.2 Å². The summed E-state index contributed by atoms with van der Waals surface area (Å²) in [6.07, 6.45) is 10.3. The van der Waals surface area contributed by atoms with Crippen LogP contribution in [-0.2, 0) is 14.0 Å². The first-order valence-electron chi connectivity index (χ1n) is 12.0. The Kier molecular flexibility index (Phi) is 8.29. The number of thioether (sulfide) groups is 1. The number of amides is 2. The van der Waals surface area contributed by atoms with Gasteiger partial charge in [0.15, 0.2) is 13.4 Å². The van der Waals surface area contributed by atoms with Crippen LogP contribution in [0.15, 0.2) is 65.9 Å². The van der Waals surface area contributed by atoms with E-state index in [1.807, 2.05) is 32.1 Å². The summed E-state index contributed by atoms with van der Waals surface area (Å²) in [7, 11) is -2.06. The van der Waals surface area contributed by atoms with Gasteiger partial charge in [-0.2, -0.15) is 0 Å². The van der Waals surface area contributed by atoms with Crippen LogP contribution >= 0.6 is 11.8 Å². The highest BCUT2D eigenvalue weighted by atomic mass is 32.2. The monoisotopic (exact) mass is 512 g/mol. The van der Waals surface area contributed by atoms with E-state index in [9.17, 15) is 14.4 Å². The third-order valence-corrected chi connectivity index (χ3v) is 12.8. The molecule has 2 heterocycles. The van der Waals surface area contributed by atoms with Gasteiger partial charge in [0.25, 0.3) is 5.91 Å². The second-order valence-electron chi connectivity index (χ2n) is 10.6. The first-order valence-corrected chi connectivity index (χ1v) is 15.7. The fourth-order valence-corrected chi connectivity index (χ4v) is 6.28. The van der Waals surface area contributed by atoms with E-state index in [2.05, 4.69) is 39.2 Å². The van der Waals surface area contributed by atoms with Crippen molar-refractivity contribution in [3.63, 3.8) is 0 Å². The number of β-lactam (4-membered cyclic amide) rings is 1. The standard InChI is InChI=1S/C27H36N2O4SSi/c1-18(23-22(24(30)28-23)19(2)33-35(6,7)27(3,4)5)26(32)34-21-15-11-10-14-20(21)25(31)29-16-12-8-9-13-17-29/h8-19,22-23H,1-7H3,(H,28,30)/t18-,19-,22-,23-/m1/s1. The van der Waals surface area contributed by atoms with Gasteiger partial charge in [-0.05, 0) is 49.3 Å². The maximum Gasteiger partial charge on any atom is 0.262 e. The number of carbonyl (C=O) groups excluding carboxylic acids is 3. The molecule has 2 aliphatic rings. The Morgan fingerprint density at radius 3 is 2.23 bits per heavy atom. The van der Waals surface area contributed by atoms with Crippen molar-refractivity contribution in [2.75, 3.05) is 0 Å². The van der Waals surface area contributed by atoms with Crippen LogP contribution < -0.4 is 5.32 Å². The third kappa shape index (κ3) is 6.05. The zero-order valence-corrected chi connectivity index (χ0v) is 23.4. The van der Waals surface area contributed by atoms with Crippen molar-refractivity contribution in [3.05, 3.63) is 66.5 Å². The Balaban J connectivity index is 1.72. The van der Waals surface area contributed by atoms with Crippen LogP contribution in [-0.4, -0.2) is 42.3 Å². The zero-order valence-electron chi connectivity index (χ0n) is 21.6. The predicted octanol–water partition coefficient (Wildman–Crippen LogP) is 5.51. The molecular weight excluding hydrogens is 476 g/mol. The Labute approximate surface area is 214 Å². The first-order chi connectivity index (χ1) is 16.3. The van der Waals surface area contributed by atoms with Crippen molar-refractivity contribution >= 4 is 37.0 Å². The van der Waals surface area contributed by atoms with Crippen LogP contribution in [0.5, 0.6) is 0 Å². The summed E-state index contributed by atoms with van der Waals surface area (Å²) in [4.78, 5) is 41.0. The molecule has 0 aliphatic carbocycles. The Morgan fingerprint density at radius 1 is 1.06 bits per heavy atom. The topological polar surface area (TPSA) is 75.7 Å². The van der Waals surface area contributed by atoms with Crippen molar-refractivity contribution < 1.29 is 18.8 Å². The molecule has 0 bridgehead atoms. The summed E-state index contributed by atoms with van der Waals surface area (Å²) in [5.41, 5.74) is 0.457. The van der Waals surface area contributed by atoms with E-state index < -0.39 is 14.2 Å². The average molecular weight is 513 g/mol. The Morgan fingerprint density at radius 2 is 1.66 bits per heavy atom. The van der Waals surface area contributed by atoms with Gasteiger partial charge < -0.3 is 9.74 Å².